The molecule has 230 valence electrons. The molecule has 0 spiro atoms. The first-order valence-electron chi connectivity index (χ1n) is 13.7. The first-order chi connectivity index (χ1) is 20.4. The lowest BCUT2D eigenvalue weighted by atomic mass is 9.97. The number of terminal acetylenes is 1. The molecule has 2 aliphatic rings. The Bertz CT molecular complexity index is 1560. The zero-order valence-corrected chi connectivity index (χ0v) is 24.6. The molecular weight excluding hydrogens is 584 g/mol. The average molecular weight is 618 g/mol. The maximum absolute atomic E-state index is 16.3. The molecule has 1 aromatic carbocycles. The summed E-state index contributed by atoms with van der Waals surface area (Å²) in [6, 6.07) is 7.17. The summed E-state index contributed by atoms with van der Waals surface area (Å²) in [5.74, 6) is 1.73. The van der Waals surface area contributed by atoms with Crippen LogP contribution in [0.15, 0.2) is 36.7 Å². The Morgan fingerprint density at radius 1 is 1.33 bits per heavy atom. The number of aliphatic hydroxyl groups is 1. The van der Waals surface area contributed by atoms with Gasteiger partial charge in [0.05, 0.1) is 19.0 Å². The Morgan fingerprint density at radius 3 is 2.70 bits per heavy atom. The number of esters is 1. The van der Waals surface area contributed by atoms with Crippen LogP contribution in [0.25, 0.3) is 11.2 Å². The molecule has 3 aromatic rings. The fourth-order valence-electron chi connectivity index (χ4n) is 4.44. The van der Waals surface area contributed by atoms with Gasteiger partial charge in [0.2, 0.25) is 11.6 Å². The van der Waals surface area contributed by atoms with Crippen molar-refractivity contribution >= 4 is 36.6 Å². The number of ether oxygens (including phenoxy) is 2. The normalized spacial score (nSPS) is 25.7. The van der Waals surface area contributed by atoms with E-state index in [1.54, 1.807) is 32.0 Å². The number of carbonyl (C=O) groups excluding carboxylic acids is 1. The van der Waals surface area contributed by atoms with Gasteiger partial charge < -0.3 is 30.2 Å². The van der Waals surface area contributed by atoms with Gasteiger partial charge in [-0.25, -0.2) is 13.9 Å². The SMILES string of the molecule is C#C[C@@]1(F)[C@H](O)[C@@H](CO[P@@](=O)(N[C@@H](C)C(=O)OC(C)C)Oc2ccccc2)O[C@H]1n1cnc2c(NC3CC3)nc(N)nc21. The number of hydrogen-bond donors (Lipinski definition) is 4. The Morgan fingerprint density at radius 2 is 2.05 bits per heavy atom. The number of aliphatic hydroxyl groups excluding tert-OH is 1. The molecule has 0 bridgehead atoms. The van der Waals surface area contributed by atoms with E-state index in [9.17, 15) is 14.5 Å². The monoisotopic (exact) mass is 617 g/mol. The lowest BCUT2D eigenvalue weighted by molar-refractivity contribution is -0.149. The Balaban J connectivity index is 1.39. The van der Waals surface area contributed by atoms with Gasteiger partial charge >= 0.3 is 13.7 Å². The van der Waals surface area contributed by atoms with Gasteiger partial charge in [-0.15, -0.1) is 6.42 Å². The number of rotatable bonds is 12. The zero-order valence-electron chi connectivity index (χ0n) is 23.7. The van der Waals surface area contributed by atoms with Crippen molar-refractivity contribution < 1.29 is 37.4 Å². The molecule has 1 saturated heterocycles. The number of alkyl halides is 1. The molecule has 2 fully saturated rings. The summed E-state index contributed by atoms with van der Waals surface area (Å²) >= 11 is 0. The first-order valence-corrected chi connectivity index (χ1v) is 15.2. The third-order valence-corrected chi connectivity index (χ3v) is 8.35. The molecule has 3 heterocycles. The first kappa shape index (κ1) is 30.7. The molecule has 0 unspecified atom stereocenters. The van der Waals surface area contributed by atoms with E-state index in [1.165, 1.54) is 30.0 Å². The van der Waals surface area contributed by atoms with Crippen LogP contribution in [0, 0.1) is 12.3 Å². The van der Waals surface area contributed by atoms with Crippen molar-refractivity contribution in [1.82, 2.24) is 24.6 Å². The van der Waals surface area contributed by atoms with Crippen molar-refractivity contribution in [1.29, 1.82) is 0 Å². The van der Waals surface area contributed by atoms with Crippen LogP contribution >= 0.6 is 7.75 Å². The van der Waals surface area contributed by atoms with Crippen LogP contribution in [0.2, 0.25) is 0 Å². The highest BCUT2D eigenvalue weighted by Crippen LogP contribution is 2.48. The fourth-order valence-corrected chi connectivity index (χ4v) is 5.95. The number of hydrogen-bond acceptors (Lipinski definition) is 12. The van der Waals surface area contributed by atoms with Gasteiger partial charge in [-0.05, 0) is 45.7 Å². The maximum atomic E-state index is 16.3. The molecule has 5 N–H and O–H groups in total. The molecule has 6 atom stereocenters. The largest absolute Gasteiger partial charge is 0.462 e. The fraction of sp³-hybridized carbons (Fsp3) is 0.481. The topological polar surface area (TPSA) is 185 Å². The van der Waals surface area contributed by atoms with Crippen molar-refractivity contribution in [2.24, 2.45) is 0 Å². The molecule has 2 aromatic heterocycles. The second-order valence-electron chi connectivity index (χ2n) is 10.6. The minimum Gasteiger partial charge on any atom is -0.462 e. The number of nitrogen functional groups attached to an aromatic ring is 1. The summed E-state index contributed by atoms with van der Waals surface area (Å²) in [6.45, 7) is 4.10. The van der Waals surface area contributed by atoms with Crippen LogP contribution in [-0.2, 0) is 23.4 Å². The van der Waals surface area contributed by atoms with E-state index in [0.717, 1.165) is 12.8 Å². The standard InChI is InChI=1S/C27H33FN7O7P/c1-5-27(28)21(36)19(41-25(27)35-14-30-20-22(31-17-11-12-17)32-26(29)33-23(20)35)13-39-43(38,42-18-9-7-6-8-10-18)34-16(4)24(37)40-15(2)3/h1,6-10,14-17,19,21,25,36H,11-13H2,2-4H3,(H,34,38)(H3,29,31,32,33)/t16-,19+,21+,25+,27+,43-/m0/s1. The van der Waals surface area contributed by atoms with Crippen LogP contribution in [0.4, 0.5) is 16.2 Å². The summed E-state index contributed by atoms with van der Waals surface area (Å²) < 4.78 is 53.6. The average Bonchev–Trinajstić information content (AvgIpc) is 3.62. The summed E-state index contributed by atoms with van der Waals surface area (Å²) in [4.78, 5) is 25.1. The Hall–Kier alpha value is -3.80. The second kappa shape index (κ2) is 12.1. The Kier molecular flexibility index (Phi) is 8.60. The van der Waals surface area contributed by atoms with Crippen molar-refractivity contribution in [3.05, 3.63) is 36.7 Å². The van der Waals surface area contributed by atoms with Crippen LogP contribution in [0.5, 0.6) is 5.75 Å². The number of nitrogens with zero attached hydrogens (tertiary/aromatic N) is 4. The van der Waals surface area contributed by atoms with E-state index >= 15 is 4.39 Å². The van der Waals surface area contributed by atoms with Gasteiger partial charge in [0.1, 0.15) is 24.0 Å². The number of imidazole rings is 1. The molecule has 43 heavy (non-hydrogen) atoms. The van der Waals surface area contributed by atoms with Gasteiger partial charge in [0, 0.05) is 6.04 Å². The van der Waals surface area contributed by atoms with Gasteiger partial charge in [0.25, 0.3) is 0 Å². The number of nitrogens with two attached hydrogens (primary N) is 1. The number of aromatic nitrogens is 4. The van der Waals surface area contributed by atoms with E-state index in [-0.39, 0.29) is 23.4 Å². The number of anilines is 2. The maximum Gasteiger partial charge on any atom is 0.459 e. The minimum atomic E-state index is -4.34. The van der Waals surface area contributed by atoms with E-state index in [2.05, 4.69) is 25.4 Å². The molecule has 1 saturated carbocycles. The van der Waals surface area contributed by atoms with E-state index in [1.807, 2.05) is 5.92 Å². The second-order valence-corrected chi connectivity index (χ2v) is 12.3. The Labute approximate surface area is 247 Å². The van der Waals surface area contributed by atoms with Gasteiger partial charge in [-0.3, -0.25) is 13.9 Å². The molecule has 0 radical (unpaired) electrons. The molecule has 14 nitrogen and oxygen atoms in total. The highest BCUT2D eigenvalue weighted by molar-refractivity contribution is 7.52. The van der Waals surface area contributed by atoms with Crippen molar-refractivity contribution in [2.75, 3.05) is 17.7 Å². The third-order valence-electron chi connectivity index (χ3n) is 6.71. The van der Waals surface area contributed by atoms with Crippen LogP contribution < -0.4 is 20.7 Å². The third kappa shape index (κ3) is 6.58. The lowest BCUT2D eigenvalue weighted by Gasteiger charge is -2.25. The molecule has 5 rings (SSSR count). The van der Waals surface area contributed by atoms with Gasteiger partial charge in [0.15, 0.2) is 23.2 Å². The number of fused-ring (bicyclic) bond motifs is 1. The highest BCUT2D eigenvalue weighted by atomic mass is 31.2. The summed E-state index contributed by atoms with van der Waals surface area (Å²) in [6.07, 6.45) is 3.34. The number of benzene rings is 1. The summed E-state index contributed by atoms with van der Waals surface area (Å²) in [5.41, 5.74) is 3.58. The van der Waals surface area contributed by atoms with E-state index in [4.69, 9.17) is 30.7 Å². The number of nitrogens with one attached hydrogen (secondary N) is 2. The van der Waals surface area contributed by atoms with Gasteiger partial charge in [-0.2, -0.15) is 15.1 Å². The minimum absolute atomic E-state index is 0.0869. The predicted molar refractivity (Wildman–Crippen MR) is 153 cm³/mol. The molecule has 0 amide bonds. The smallest absolute Gasteiger partial charge is 0.459 e. The molecular formula is C27H33FN7O7P. The molecule has 1 aliphatic carbocycles. The highest BCUT2D eigenvalue weighted by Gasteiger charge is 2.58. The van der Waals surface area contributed by atoms with Crippen LogP contribution in [-0.4, -0.2) is 73.3 Å². The lowest BCUT2D eigenvalue weighted by Crippen LogP contribution is -2.42. The number of carbonyl (C=O) groups is 1. The summed E-state index contributed by atoms with van der Waals surface area (Å²) in [7, 11) is -4.34. The number of halogens is 1. The predicted octanol–water partition coefficient (Wildman–Crippen LogP) is 2.72. The van der Waals surface area contributed by atoms with Crippen molar-refractivity contribution in [3.63, 3.8) is 0 Å². The molecule has 1 aliphatic heterocycles. The van der Waals surface area contributed by atoms with Crippen LogP contribution in [0.3, 0.4) is 0 Å². The van der Waals surface area contributed by atoms with Gasteiger partial charge in [-0.1, -0.05) is 24.1 Å². The van der Waals surface area contributed by atoms with Crippen molar-refractivity contribution in [3.8, 4) is 18.1 Å². The quantitative estimate of drug-likeness (QED) is 0.132. The van der Waals surface area contributed by atoms with E-state index < -0.39 is 56.6 Å². The van der Waals surface area contributed by atoms with Crippen molar-refractivity contribution in [2.45, 2.75) is 75.9 Å². The summed E-state index contributed by atoms with van der Waals surface area (Å²) in [5, 5.41) is 16.7. The molecule has 16 heteroatoms. The van der Waals surface area contributed by atoms with E-state index in [0.29, 0.717) is 11.3 Å². The number of para-hydroxylation sites is 1. The van der Waals surface area contributed by atoms with Crippen LogP contribution in [0.1, 0.15) is 39.8 Å². The zero-order chi connectivity index (χ0) is 30.9.